The molecule has 2 atom stereocenters. The first kappa shape index (κ1) is 19.4. The third-order valence-electron chi connectivity index (χ3n) is 5.16. The molecule has 0 aromatic heterocycles. The van der Waals surface area contributed by atoms with Crippen molar-refractivity contribution in [3.8, 4) is 0 Å². The second kappa shape index (κ2) is 8.12. The summed E-state index contributed by atoms with van der Waals surface area (Å²) >= 11 is 1.48. The van der Waals surface area contributed by atoms with Crippen LogP contribution in [0.4, 0.5) is 10.5 Å². The number of rotatable bonds is 5. The molecule has 1 saturated heterocycles. The summed E-state index contributed by atoms with van der Waals surface area (Å²) in [6.45, 7) is 1.52. The molecule has 1 N–H and O–H groups in total. The molecule has 27 heavy (non-hydrogen) atoms. The number of para-hydroxylation sites is 1. The standard InChI is InChI=1S/C19H23N3O4S/c1-12-7-3-5-9-14(12)22-18(25)17(24)21(19(22)26)11-16(23)20-13-8-4-6-10-15(13)27-2/h4,6,8,10,12,14H,3,5,7,9,11H2,1-2H3,(H,20,23)/t12-,14-/m1/s1. The summed E-state index contributed by atoms with van der Waals surface area (Å²) in [5.74, 6) is -2.10. The Labute approximate surface area is 162 Å². The molecule has 8 heteroatoms. The molecule has 2 fully saturated rings. The summed E-state index contributed by atoms with van der Waals surface area (Å²) in [6, 6.07) is 6.31. The van der Waals surface area contributed by atoms with Crippen LogP contribution in [0, 0.1) is 5.92 Å². The number of hydrogen-bond acceptors (Lipinski definition) is 5. The minimum absolute atomic E-state index is 0.154. The van der Waals surface area contributed by atoms with E-state index in [4.69, 9.17) is 0 Å². The summed E-state index contributed by atoms with van der Waals surface area (Å²) in [7, 11) is 0. The van der Waals surface area contributed by atoms with Crippen molar-refractivity contribution in [3.63, 3.8) is 0 Å². The maximum Gasteiger partial charge on any atom is 0.334 e. The number of nitrogens with one attached hydrogen (secondary N) is 1. The maximum atomic E-state index is 12.7. The Balaban J connectivity index is 1.71. The number of imide groups is 2. The van der Waals surface area contributed by atoms with E-state index in [-0.39, 0.29) is 12.0 Å². The van der Waals surface area contributed by atoms with Crippen molar-refractivity contribution >= 4 is 41.2 Å². The van der Waals surface area contributed by atoms with Gasteiger partial charge in [0.1, 0.15) is 6.54 Å². The van der Waals surface area contributed by atoms with Crippen molar-refractivity contribution in [1.82, 2.24) is 9.80 Å². The van der Waals surface area contributed by atoms with E-state index in [0.29, 0.717) is 12.1 Å². The molecule has 5 amide bonds. The highest BCUT2D eigenvalue weighted by Gasteiger charge is 2.49. The van der Waals surface area contributed by atoms with Crippen LogP contribution >= 0.6 is 11.8 Å². The molecule has 1 aliphatic carbocycles. The van der Waals surface area contributed by atoms with Crippen molar-refractivity contribution in [2.75, 3.05) is 18.1 Å². The van der Waals surface area contributed by atoms with Crippen LogP contribution in [0.5, 0.6) is 0 Å². The van der Waals surface area contributed by atoms with Gasteiger partial charge in [0.2, 0.25) is 5.91 Å². The SMILES string of the molecule is CSc1ccccc1NC(=O)CN1C(=O)C(=O)N([C@@H]2CCCC[C@H]2C)C1=O. The third kappa shape index (κ3) is 3.85. The fourth-order valence-corrected chi connectivity index (χ4v) is 4.27. The second-order valence-electron chi connectivity index (χ2n) is 6.93. The predicted octanol–water partition coefficient (Wildman–Crippen LogP) is 2.72. The molecule has 1 saturated carbocycles. The Morgan fingerprint density at radius 1 is 1.15 bits per heavy atom. The van der Waals surface area contributed by atoms with Crippen LogP contribution in [0.1, 0.15) is 32.6 Å². The third-order valence-corrected chi connectivity index (χ3v) is 5.96. The minimum Gasteiger partial charge on any atom is -0.324 e. The van der Waals surface area contributed by atoms with Gasteiger partial charge in [0.25, 0.3) is 0 Å². The minimum atomic E-state index is -0.925. The van der Waals surface area contributed by atoms with Gasteiger partial charge in [-0.3, -0.25) is 19.3 Å². The molecule has 0 unspecified atom stereocenters. The monoisotopic (exact) mass is 389 g/mol. The number of hydrogen-bond donors (Lipinski definition) is 1. The van der Waals surface area contributed by atoms with Gasteiger partial charge in [0, 0.05) is 10.9 Å². The molecule has 0 spiro atoms. The predicted molar refractivity (Wildman–Crippen MR) is 102 cm³/mol. The average molecular weight is 389 g/mol. The Hall–Kier alpha value is -2.35. The van der Waals surface area contributed by atoms with Gasteiger partial charge in [-0.25, -0.2) is 9.69 Å². The molecular formula is C19H23N3O4S. The number of urea groups is 1. The zero-order chi connectivity index (χ0) is 19.6. The molecule has 1 aromatic carbocycles. The first-order valence-electron chi connectivity index (χ1n) is 9.06. The lowest BCUT2D eigenvalue weighted by molar-refractivity contribution is -0.145. The van der Waals surface area contributed by atoms with E-state index in [1.807, 2.05) is 25.3 Å². The van der Waals surface area contributed by atoms with Crippen LogP contribution in [0.2, 0.25) is 0 Å². The molecule has 1 aromatic rings. The number of carbonyl (C=O) groups excluding carboxylic acids is 4. The second-order valence-corrected chi connectivity index (χ2v) is 7.77. The number of amides is 5. The molecule has 144 valence electrons. The Morgan fingerprint density at radius 3 is 2.56 bits per heavy atom. The molecule has 3 rings (SSSR count). The molecule has 1 aliphatic heterocycles. The largest absolute Gasteiger partial charge is 0.334 e. The highest BCUT2D eigenvalue weighted by Crippen LogP contribution is 2.31. The maximum absolute atomic E-state index is 12.7. The van der Waals surface area contributed by atoms with Crippen molar-refractivity contribution in [3.05, 3.63) is 24.3 Å². The van der Waals surface area contributed by atoms with Gasteiger partial charge < -0.3 is 5.32 Å². The summed E-state index contributed by atoms with van der Waals surface area (Å²) in [6.07, 6.45) is 5.49. The van der Waals surface area contributed by atoms with Gasteiger partial charge in [-0.05, 0) is 37.1 Å². The highest BCUT2D eigenvalue weighted by molar-refractivity contribution is 7.98. The van der Waals surface area contributed by atoms with Crippen molar-refractivity contribution in [2.45, 2.75) is 43.5 Å². The number of anilines is 1. The number of thioether (sulfide) groups is 1. The first-order chi connectivity index (χ1) is 12.9. The summed E-state index contributed by atoms with van der Waals surface area (Å²) < 4.78 is 0. The molecule has 1 heterocycles. The van der Waals surface area contributed by atoms with E-state index >= 15 is 0 Å². The zero-order valence-electron chi connectivity index (χ0n) is 15.4. The Bertz CT molecular complexity index is 782. The van der Waals surface area contributed by atoms with E-state index < -0.39 is 30.3 Å². The Kier molecular flexibility index (Phi) is 5.84. The number of carbonyl (C=O) groups is 4. The van der Waals surface area contributed by atoms with Crippen LogP contribution in [0.15, 0.2) is 29.2 Å². The van der Waals surface area contributed by atoms with Gasteiger partial charge in [0.05, 0.1) is 5.69 Å². The quantitative estimate of drug-likeness (QED) is 0.475. The lowest BCUT2D eigenvalue weighted by Gasteiger charge is -2.34. The van der Waals surface area contributed by atoms with Crippen LogP contribution < -0.4 is 5.32 Å². The summed E-state index contributed by atoms with van der Waals surface area (Å²) in [5.41, 5.74) is 0.609. The van der Waals surface area contributed by atoms with Gasteiger partial charge in [-0.1, -0.05) is 31.9 Å². The fraction of sp³-hybridized carbons (Fsp3) is 0.474. The summed E-state index contributed by atoms with van der Waals surface area (Å²) in [5, 5.41) is 2.71. The van der Waals surface area contributed by atoms with Crippen LogP contribution in [0.3, 0.4) is 0 Å². The average Bonchev–Trinajstić information content (AvgIpc) is 2.86. The number of nitrogens with zero attached hydrogens (tertiary/aromatic N) is 2. The Morgan fingerprint density at radius 2 is 1.85 bits per heavy atom. The van der Waals surface area contributed by atoms with Gasteiger partial charge in [-0.2, -0.15) is 0 Å². The van der Waals surface area contributed by atoms with Crippen LogP contribution in [0.25, 0.3) is 0 Å². The van der Waals surface area contributed by atoms with E-state index in [1.54, 1.807) is 12.1 Å². The van der Waals surface area contributed by atoms with Crippen molar-refractivity contribution in [2.24, 2.45) is 5.92 Å². The molecular weight excluding hydrogens is 366 g/mol. The van der Waals surface area contributed by atoms with Gasteiger partial charge in [0.15, 0.2) is 0 Å². The molecule has 2 aliphatic rings. The topological polar surface area (TPSA) is 86.8 Å². The van der Waals surface area contributed by atoms with E-state index in [0.717, 1.165) is 34.0 Å². The van der Waals surface area contributed by atoms with Crippen LogP contribution in [-0.2, 0) is 14.4 Å². The first-order valence-corrected chi connectivity index (χ1v) is 10.3. The number of benzene rings is 1. The highest BCUT2D eigenvalue weighted by atomic mass is 32.2. The molecule has 0 radical (unpaired) electrons. The van der Waals surface area contributed by atoms with Crippen molar-refractivity contribution in [1.29, 1.82) is 0 Å². The van der Waals surface area contributed by atoms with E-state index in [9.17, 15) is 19.2 Å². The smallest absolute Gasteiger partial charge is 0.324 e. The van der Waals surface area contributed by atoms with Crippen LogP contribution in [-0.4, -0.2) is 52.4 Å². The lowest BCUT2D eigenvalue weighted by atomic mass is 9.85. The van der Waals surface area contributed by atoms with E-state index in [1.165, 1.54) is 11.8 Å². The molecule has 0 bridgehead atoms. The van der Waals surface area contributed by atoms with Gasteiger partial charge in [-0.15, -0.1) is 11.8 Å². The van der Waals surface area contributed by atoms with Gasteiger partial charge >= 0.3 is 17.8 Å². The van der Waals surface area contributed by atoms with E-state index in [2.05, 4.69) is 5.32 Å². The zero-order valence-corrected chi connectivity index (χ0v) is 16.3. The fourth-order valence-electron chi connectivity index (χ4n) is 3.72. The van der Waals surface area contributed by atoms with Crippen molar-refractivity contribution < 1.29 is 19.2 Å². The molecule has 7 nitrogen and oxygen atoms in total. The normalized spacial score (nSPS) is 23.1. The summed E-state index contributed by atoms with van der Waals surface area (Å²) in [4.78, 5) is 52.5. The lowest BCUT2D eigenvalue weighted by Crippen LogP contribution is -2.46.